The lowest BCUT2D eigenvalue weighted by molar-refractivity contribution is -0.140. The molecule has 3 rings (SSSR count). The third-order valence-electron chi connectivity index (χ3n) is 6.57. The number of ether oxygens (including phenoxy) is 2. The first-order valence-electron chi connectivity index (χ1n) is 11.3. The summed E-state index contributed by atoms with van der Waals surface area (Å²) >= 11 is 1.62. The number of aromatic nitrogens is 2. The molecule has 1 amide bonds. The second-order valence-corrected chi connectivity index (χ2v) is 9.60. The molecule has 0 aromatic carbocycles. The van der Waals surface area contributed by atoms with Gasteiger partial charge in [-0.05, 0) is 56.6 Å². The Morgan fingerprint density at radius 1 is 1.30 bits per heavy atom. The molecule has 0 radical (unpaired) electrons. The van der Waals surface area contributed by atoms with Crippen molar-refractivity contribution < 1.29 is 14.3 Å². The van der Waals surface area contributed by atoms with E-state index in [9.17, 15) is 4.79 Å². The zero-order valence-electron chi connectivity index (χ0n) is 18.9. The molecular formula is C22H38N4O3S. The highest BCUT2D eigenvalue weighted by atomic mass is 32.2. The molecule has 1 saturated carbocycles. The van der Waals surface area contributed by atoms with Crippen LogP contribution in [0.4, 0.5) is 0 Å². The van der Waals surface area contributed by atoms with Gasteiger partial charge in [0.15, 0.2) is 6.61 Å². The Morgan fingerprint density at radius 2 is 2.07 bits per heavy atom. The molecule has 1 aliphatic carbocycles. The number of likely N-dealkylation sites (tertiary alicyclic amines) is 1. The minimum Gasteiger partial charge on any atom is -0.467 e. The van der Waals surface area contributed by atoms with E-state index in [1.165, 1.54) is 12.8 Å². The van der Waals surface area contributed by atoms with Crippen molar-refractivity contribution in [2.24, 2.45) is 18.9 Å². The van der Waals surface area contributed by atoms with Crippen LogP contribution in [0.5, 0.6) is 5.88 Å². The smallest absolute Gasteiger partial charge is 0.260 e. The van der Waals surface area contributed by atoms with Gasteiger partial charge in [-0.3, -0.25) is 14.2 Å². The Balaban J connectivity index is 1.56. The summed E-state index contributed by atoms with van der Waals surface area (Å²) in [5, 5.41) is 4.19. The molecule has 2 heterocycles. The van der Waals surface area contributed by atoms with E-state index in [1.54, 1.807) is 22.7 Å². The highest BCUT2D eigenvalue weighted by Crippen LogP contribution is 2.32. The highest BCUT2D eigenvalue weighted by molar-refractivity contribution is 7.96. The van der Waals surface area contributed by atoms with Crippen LogP contribution in [-0.4, -0.2) is 64.8 Å². The van der Waals surface area contributed by atoms with Crippen molar-refractivity contribution in [2.75, 3.05) is 26.0 Å². The van der Waals surface area contributed by atoms with Crippen molar-refractivity contribution >= 4 is 17.9 Å². The fourth-order valence-corrected chi connectivity index (χ4v) is 5.29. The van der Waals surface area contributed by atoms with Crippen molar-refractivity contribution in [1.82, 2.24) is 19.4 Å². The molecule has 8 heteroatoms. The maximum absolute atomic E-state index is 13.0. The van der Waals surface area contributed by atoms with Crippen molar-refractivity contribution in [2.45, 2.75) is 70.6 Å². The van der Waals surface area contributed by atoms with Crippen molar-refractivity contribution in [3.63, 3.8) is 0 Å². The monoisotopic (exact) mass is 438 g/mol. The quantitative estimate of drug-likeness (QED) is 0.597. The van der Waals surface area contributed by atoms with Crippen LogP contribution in [0.3, 0.4) is 0 Å². The first kappa shape index (κ1) is 23.4. The molecule has 0 bridgehead atoms. The molecule has 2 aliphatic rings. The summed E-state index contributed by atoms with van der Waals surface area (Å²) in [4.78, 5) is 14.9. The van der Waals surface area contributed by atoms with Crippen molar-refractivity contribution in [3.8, 4) is 5.88 Å². The number of rotatable bonds is 9. The van der Waals surface area contributed by atoms with Gasteiger partial charge in [-0.25, -0.2) is 0 Å². The number of carbonyl (C=O) groups excluding carboxylic acids is 1. The third kappa shape index (κ3) is 6.37. The average Bonchev–Trinajstić information content (AvgIpc) is 3.16. The number of nitrogens with one attached hydrogen (secondary N) is 1. The fourth-order valence-electron chi connectivity index (χ4n) is 4.71. The Labute approximate surface area is 185 Å². The molecular weight excluding hydrogens is 400 g/mol. The molecule has 1 saturated heterocycles. The number of hydrogen-bond donors (Lipinski definition) is 1. The zero-order valence-corrected chi connectivity index (χ0v) is 19.7. The standard InChI is InChI=1S/C22H38N4O3S/c1-16(2)17-7-9-18(10-8-17)28-14-20-19(24-30-4)6-5-12-26(20)22(27)15-29-21-11-13-25(3)23-21/h11,13,16-20,24H,5-10,12,14-15H2,1-4H3/t17-,18+,19-,20-/m0/s1. The van der Waals surface area contributed by atoms with E-state index < -0.39 is 0 Å². The normalized spacial score (nSPS) is 27.4. The van der Waals surface area contributed by atoms with E-state index in [2.05, 4.69) is 23.7 Å². The molecule has 1 aromatic heterocycles. The average molecular weight is 439 g/mol. The lowest BCUT2D eigenvalue weighted by Crippen LogP contribution is -2.58. The Morgan fingerprint density at radius 3 is 2.70 bits per heavy atom. The van der Waals surface area contributed by atoms with Crippen LogP contribution in [0.1, 0.15) is 52.4 Å². The predicted molar refractivity (Wildman–Crippen MR) is 120 cm³/mol. The second kappa shape index (κ2) is 11.4. The maximum atomic E-state index is 13.0. The first-order chi connectivity index (χ1) is 14.5. The van der Waals surface area contributed by atoms with Gasteiger partial charge in [0.2, 0.25) is 5.88 Å². The Kier molecular flexibility index (Phi) is 8.89. The SMILES string of the molecule is CSN[C@H]1CCCN(C(=O)COc2ccn(C)n2)[C@H]1CO[C@H]1CC[C@@H](C(C)C)CC1. The molecule has 0 spiro atoms. The number of nitrogens with zero attached hydrogens (tertiary/aromatic N) is 3. The lowest BCUT2D eigenvalue weighted by Gasteiger charge is -2.42. The first-order valence-corrected chi connectivity index (χ1v) is 12.5. The van der Waals surface area contributed by atoms with Gasteiger partial charge in [0.25, 0.3) is 5.91 Å². The molecule has 2 atom stereocenters. The van der Waals surface area contributed by atoms with Gasteiger partial charge in [-0.1, -0.05) is 25.8 Å². The molecule has 0 unspecified atom stereocenters. The van der Waals surface area contributed by atoms with E-state index in [0.29, 0.717) is 18.6 Å². The maximum Gasteiger partial charge on any atom is 0.260 e. The minimum absolute atomic E-state index is 0.00497. The van der Waals surface area contributed by atoms with Crippen molar-refractivity contribution in [3.05, 3.63) is 12.3 Å². The number of amides is 1. The van der Waals surface area contributed by atoms with Crippen LogP contribution in [0.25, 0.3) is 0 Å². The molecule has 1 aliphatic heterocycles. The predicted octanol–water partition coefficient (Wildman–Crippen LogP) is 3.26. The van der Waals surface area contributed by atoms with Gasteiger partial charge in [0.05, 0.1) is 18.8 Å². The molecule has 7 nitrogen and oxygen atoms in total. The third-order valence-corrected chi connectivity index (χ3v) is 7.10. The lowest BCUT2D eigenvalue weighted by atomic mass is 9.80. The van der Waals surface area contributed by atoms with Crippen molar-refractivity contribution in [1.29, 1.82) is 0 Å². The molecule has 1 aromatic rings. The van der Waals surface area contributed by atoms with Gasteiger partial charge in [-0.2, -0.15) is 0 Å². The van der Waals surface area contributed by atoms with E-state index >= 15 is 0 Å². The van der Waals surface area contributed by atoms with Crippen LogP contribution in [0.15, 0.2) is 12.3 Å². The van der Waals surface area contributed by atoms with Crippen LogP contribution in [-0.2, 0) is 16.6 Å². The van der Waals surface area contributed by atoms with E-state index in [0.717, 1.165) is 44.1 Å². The number of carbonyl (C=O) groups is 1. The highest BCUT2D eigenvalue weighted by Gasteiger charge is 2.35. The van der Waals surface area contributed by atoms with Crippen LogP contribution < -0.4 is 9.46 Å². The van der Waals surface area contributed by atoms with E-state index in [4.69, 9.17) is 9.47 Å². The van der Waals surface area contributed by atoms with Gasteiger partial charge in [0.1, 0.15) is 0 Å². The van der Waals surface area contributed by atoms with Gasteiger partial charge < -0.3 is 14.4 Å². The molecule has 2 fully saturated rings. The summed E-state index contributed by atoms with van der Waals surface area (Å²) in [6, 6.07) is 2.05. The molecule has 30 heavy (non-hydrogen) atoms. The summed E-state index contributed by atoms with van der Waals surface area (Å²) in [5.41, 5.74) is 0. The minimum atomic E-state index is 0.00497. The second-order valence-electron chi connectivity index (χ2n) is 8.96. The van der Waals surface area contributed by atoms with Crippen LogP contribution >= 0.6 is 11.9 Å². The number of hydrogen-bond acceptors (Lipinski definition) is 6. The fraction of sp³-hybridized carbons (Fsp3) is 0.818. The van der Waals surface area contributed by atoms with Crippen LogP contribution in [0.2, 0.25) is 0 Å². The van der Waals surface area contributed by atoms with Gasteiger partial charge >= 0.3 is 0 Å². The van der Waals surface area contributed by atoms with E-state index in [-0.39, 0.29) is 24.6 Å². The zero-order chi connectivity index (χ0) is 21.5. The summed E-state index contributed by atoms with van der Waals surface area (Å²) in [7, 11) is 1.83. The van der Waals surface area contributed by atoms with E-state index in [1.807, 2.05) is 24.4 Å². The van der Waals surface area contributed by atoms with Crippen LogP contribution in [0, 0.1) is 11.8 Å². The summed E-state index contributed by atoms with van der Waals surface area (Å²) in [5.74, 6) is 2.07. The summed E-state index contributed by atoms with van der Waals surface area (Å²) in [6.45, 7) is 6.00. The number of piperidine rings is 1. The summed E-state index contributed by atoms with van der Waals surface area (Å²) < 4.78 is 17.2. The largest absolute Gasteiger partial charge is 0.467 e. The molecule has 1 N–H and O–H groups in total. The Hall–Kier alpha value is -1.25. The number of aryl methyl sites for hydroxylation is 1. The topological polar surface area (TPSA) is 68.6 Å². The molecule has 170 valence electrons. The van der Waals surface area contributed by atoms with Gasteiger partial charge in [0, 0.05) is 31.9 Å². The van der Waals surface area contributed by atoms with Gasteiger partial charge in [-0.15, -0.1) is 5.10 Å². The summed E-state index contributed by atoms with van der Waals surface area (Å²) in [6.07, 6.45) is 11.0. The Bertz CT molecular complexity index is 659.